The number of hydrogen-bond donors (Lipinski definition) is 6. The number of nitrogens with two attached hydrogens (primary N) is 1. The number of carbonyl (C=O) groups excluding carboxylic acids is 6. The van der Waals surface area contributed by atoms with Gasteiger partial charge in [-0.15, -0.1) is 0 Å². The molecule has 4 rings (SSSR count). The number of halogens is 3. The maximum absolute atomic E-state index is 14.0. The molecular weight excluding hydrogens is 681 g/mol. The van der Waals surface area contributed by atoms with Crippen LogP contribution in [0.25, 0.3) is 0 Å². The molecular formula is C37H45F3N6O6. The first-order chi connectivity index (χ1) is 24.8. The van der Waals surface area contributed by atoms with Crippen molar-refractivity contribution in [1.82, 2.24) is 26.6 Å². The van der Waals surface area contributed by atoms with Crippen LogP contribution < -0.4 is 32.3 Å². The Balaban J connectivity index is 1.66. The number of nitrogens with one attached hydrogen (secondary N) is 5. The van der Waals surface area contributed by atoms with Gasteiger partial charge in [-0.3, -0.25) is 28.8 Å². The fraction of sp³-hybridized carbons (Fsp3) is 0.459. The number of benzene rings is 2. The van der Waals surface area contributed by atoms with Gasteiger partial charge < -0.3 is 32.3 Å². The zero-order chi connectivity index (χ0) is 37.7. The Bertz CT molecular complexity index is 1600. The summed E-state index contributed by atoms with van der Waals surface area (Å²) >= 11 is 0. The lowest BCUT2D eigenvalue weighted by Gasteiger charge is -2.28. The van der Waals surface area contributed by atoms with Crippen molar-refractivity contribution in [1.29, 1.82) is 0 Å². The summed E-state index contributed by atoms with van der Waals surface area (Å²) in [5.41, 5.74) is 5.61. The van der Waals surface area contributed by atoms with Gasteiger partial charge in [-0.25, -0.2) is 0 Å². The van der Waals surface area contributed by atoms with Gasteiger partial charge in [-0.2, -0.15) is 13.2 Å². The number of amides is 6. The summed E-state index contributed by atoms with van der Waals surface area (Å²) in [6, 6.07) is 8.30. The van der Waals surface area contributed by atoms with E-state index in [1.807, 2.05) is 0 Å². The number of primary amides is 1. The molecule has 1 heterocycles. The molecule has 15 heteroatoms. The molecule has 7 N–H and O–H groups in total. The highest BCUT2D eigenvalue weighted by Crippen LogP contribution is 2.29. The molecule has 1 aliphatic heterocycles. The summed E-state index contributed by atoms with van der Waals surface area (Å²) in [4.78, 5) is 79.1. The summed E-state index contributed by atoms with van der Waals surface area (Å²) < 4.78 is 39.7. The SMILES string of the molecule is NC(=O)[C@@H]1CCCNC(=O)[C@H](Cc2ccc(C(F)(F)F)cc2)NC(=O)[C@H](Cc2ccccc2)NC(=O)[C@H](CC2CCCCC2)NC(=O)/C=C/C(=O)N1. The van der Waals surface area contributed by atoms with Gasteiger partial charge in [-0.05, 0) is 48.4 Å². The molecule has 2 aliphatic rings. The van der Waals surface area contributed by atoms with E-state index >= 15 is 0 Å². The van der Waals surface area contributed by atoms with Gasteiger partial charge in [0.05, 0.1) is 5.56 Å². The van der Waals surface area contributed by atoms with Gasteiger partial charge in [0.25, 0.3) is 0 Å². The maximum Gasteiger partial charge on any atom is 0.416 e. The normalized spacial score (nSPS) is 24.1. The number of carbonyl (C=O) groups is 6. The van der Waals surface area contributed by atoms with Crippen LogP contribution >= 0.6 is 0 Å². The predicted molar refractivity (Wildman–Crippen MR) is 185 cm³/mol. The average molecular weight is 727 g/mol. The highest BCUT2D eigenvalue weighted by atomic mass is 19.4. The zero-order valence-corrected chi connectivity index (χ0v) is 28.7. The van der Waals surface area contributed by atoms with Crippen LogP contribution in [0.5, 0.6) is 0 Å². The standard InChI is InChI=1S/C37H45F3N6O6/c38-37(39,40)26-15-13-25(14-16-26)22-28-34(50)42-19-7-12-27(33(41)49)43-31(47)17-18-32(48)44-29(20-23-8-3-1-4-9-23)35(51)46-30(36(52)45-28)21-24-10-5-2-6-11-24/h2,5-6,10-11,13-18,23,27-30H,1,3-4,7-9,12,19-22H2,(H2,41,49)(H,42,50)(H,43,47)(H,44,48)(H,45,52)(H,46,51)/b18-17+/t27-,28-,29-,30-/m0/s1. The summed E-state index contributed by atoms with van der Waals surface area (Å²) in [6.45, 7) is -0.0108. The highest BCUT2D eigenvalue weighted by molar-refractivity contribution is 6.00. The van der Waals surface area contributed by atoms with Crippen LogP contribution in [0.2, 0.25) is 0 Å². The second-order valence-electron chi connectivity index (χ2n) is 13.2. The number of hydrogen-bond acceptors (Lipinski definition) is 6. The maximum atomic E-state index is 14.0. The van der Waals surface area contributed by atoms with E-state index in [2.05, 4.69) is 26.6 Å². The van der Waals surface area contributed by atoms with Gasteiger partial charge in [0, 0.05) is 31.5 Å². The van der Waals surface area contributed by atoms with Gasteiger partial charge in [0.2, 0.25) is 35.4 Å². The molecule has 0 radical (unpaired) electrons. The molecule has 0 aromatic heterocycles. The second kappa shape index (κ2) is 18.9. The Morgan fingerprint density at radius 2 is 1.21 bits per heavy atom. The van der Waals surface area contributed by atoms with E-state index in [-0.39, 0.29) is 44.6 Å². The van der Waals surface area contributed by atoms with Crippen molar-refractivity contribution in [2.24, 2.45) is 11.7 Å². The topological polar surface area (TPSA) is 189 Å². The zero-order valence-electron chi connectivity index (χ0n) is 28.7. The van der Waals surface area contributed by atoms with Crippen molar-refractivity contribution in [3.05, 3.63) is 83.4 Å². The lowest BCUT2D eigenvalue weighted by Crippen LogP contribution is -2.58. The lowest BCUT2D eigenvalue weighted by atomic mass is 9.84. The fourth-order valence-corrected chi connectivity index (χ4v) is 6.38. The molecule has 1 fully saturated rings. The van der Waals surface area contributed by atoms with Crippen LogP contribution in [0.1, 0.15) is 68.1 Å². The van der Waals surface area contributed by atoms with E-state index in [0.29, 0.717) is 11.1 Å². The second-order valence-corrected chi connectivity index (χ2v) is 13.2. The van der Waals surface area contributed by atoms with Crippen LogP contribution in [0.3, 0.4) is 0 Å². The van der Waals surface area contributed by atoms with Crippen LogP contribution in [0.15, 0.2) is 66.7 Å². The molecule has 2 aromatic carbocycles. The van der Waals surface area contributed by atoms with Gasteiger partial charge in [-0.1, -0.05) is 74.6 Å². The Labute approximate surface area is 299 Å². The minimum Gasteiger partial charge on any atom is -0.368 e. The Hall–Kier alpha value is -5.21. The molecule has 280 valence electrons. The van der Waals surface area contributed by atoms with E-state index in [4.69, 9.17) is 5.73 Å². The average Bonchev–Trinajstić information content (AvgIpc) is 3.11. The van der Waals surface area contributed by atoms with Gasteiger partial charge in [0.15, 0.2) is 0 Å². The number of rotatable bonds is 7. The van der Waals surface area contributed by atoms with Crippen LogP contribution in [-0.4, -0.2) is 66.2 Å². The van der Waals surface area contributed by atoms with Crippen LogP contribution in [-0.2, 0) is 47.8 Å². The van der Waals surface area contributed by atoms with E-state index < -0.39 is 71.4 Å². The van der Waals surface area contributed by atoms with Crippen molar-refractivity contribution in [3.63, 3.8) is 0 Å². The molecule has 6 amide bonds. The molecule has 0 bridgehead atoms. The van der Waals surface area contributed by atoms with Crippen molar-refractivity contribution in [3.8, 4) is 0 Å². The van der Waals surface area contributed by atoms with Crippen molar-refractivity contribution in [2.45, 2.75) is 94.6 Å². The molecule has 1 saturated carbocycles. The lowest BCUT2D eigenvalue weighted by molar-refractivity contribution is -0.137. The molecule has 4 atom stereocenters. The third-order valence-electron chi connectivity index (χ3n) is 9.21. The van der Waals surface area contributed by atoms with E-state index in [0.717, 1.165) is 56.4 Å². The van der Waals surface area contributed by atoms with Crippen molar-refractivity contribution >= 4 is 35.4 Å². The molecule has 12 nitrogen and oxygen atoms in total. The van der Waals surface area contributed by atoms with Gasteiger partial charge >= 0.3 is 6.18 Å². The van der Waals surface area contributed by atoms with Gasteiger partial charge in [0.1, 0.15) is 24.2 Å². The minimum absolute atomic E-state index is 0.0108. The Morgan fingerprint density at radius 3 is 1.81 bits per heavy atom. The molecule has 0 saturated heterocycles. The number of alkyl halides is 3. The van der Waals surface area contributed by atoms with Crippen LogP contribution in [0, 0.1) is 5.92 Å². The third kappa shape index (κ3) is 12.5. The molecule has 2 aromatic rings. The Kier molecular flexibility index (Phi) is 14.4. The summed E-state index contributed by atoms with van der Waals surface area (Å²) in [6.07, 6.45) is 2.30. The molecule has 1 aliphatic carbocycles. The third-order valence-corrected chi connectivity index (χ3v) is 9.21. The minimum atomic E-state index is -4.57. The fourth-order valence-electron chi connectivity index (χ4n) is 6.38. The predicted octanol–water partition coefficient (Wildman–Crippen LogP) is 2.35. The summed E-state index contributed by atoms with van der Waals surface area (Å²) in [5.74, 6) is -4.28. The first kappa shape index (κ1) is 39.6. The molecule has 0 spiro atoms. The first-order valence-electron chi connectivity index (χ1n) is 17.5. The highest BCUT2D eigenvalue weighted by Gasteiger charge is 2.33. The van der Waals surface area contributed by atoms with Crippen molar-refractivity contribution < 1.29 is 41.9 Å². The Morgan fingerprint density at radius 1 is 0.654 bits per heavy atom. The monoisotopic (exact) mass is 726 g/mol. The molecule has 0 unspecified atom stereocenters. The van der Waals surface area contributed by atoms with E-state index in [1.165, 1.54) is 12.1 Å². The van der Waals surface area contributed by atoms with E-state index in [1.54, 1.807) is 30.3 Å². The quantitative estimate of drug-likeness (QED) is 0.254. The first-order valence-corrected chi connectivity index (χ1v) is 17.5. The smallest absolute Gasteiger partial charge is 0.368 e. The molecule has 52 heavy (non-hydrogen) atoms. The largest absolute Gasteiger partial charge is 0.416 e. The van der Waals surface area contributed by atoms with Crippen LogP contribution in [0.4, 0.5) is 13.2 Å². The van der Waals surface area contributed by atoms with Crippen molar-refractivity contribution in [2.75, 3.05) is 6.54 Å². The summed E-state index contributed by atoms with van der Waals surface area (Å²) in [7, 11) is 0. The summed E-state index contributed by atoms with van der Waals surface area (Å²) in [5, 5.41) is 13.2. The van der Waals surface area contributed by atoms with E-state index in [9.17, 15) is 41.9 Å².